The number of rotatable bonds is 6. The van der Waals surface area contributed by atoms with E-state index in [1.54, 1.807) is 11.9 Å². The Morgan fingerprint density at radius 3 is 2.65 bits per heavy atom. The molecule has 1 aliphatic carbocycles. The molecule has 5 heteroatoms. The van der Waals surface area contributed by atoms with E-state index in [1.165, 1.54) is 12.8 Å². The summed E-state index contributed by atoms with van der Waals surface area (Å²) in [6, 6.07) is 8.21. The maximum absolute atomic E-state index is 12.9. The molecule has 1 aromatic carbocycles. The van der Waals surface area contributed by atoms with Crippen molar-refractivity contribution in [2.75, 3.05) is 7.05 Å². The summed E-state index contributed by atoms with van der Waals surface area (Å²) in [6.07, 6.45) is 7.18. The number of para-hydroxylation sites is 1. The average Bonchev–Trinajstić information content (AvgIpc) is 3.30. The minimum absolute atomic E-state index is 0.0401. The van der Waals surface area contributed by atoms with E-state index < -0.39 is 5.54 Å². The molecular weight excluding hydrogens is 326 g/mol. The number of likely N-dealkylation sites (N-methyl/N-ethyl adjacent to an activating group) is 1. The lowest BCUT2D eigenvalue weighted by Crippen LogP contribution is -2.58. The fraction of sp³-hybridized carbons (Fsp3) is 0.524. The van der Waals surface area contributed by atoms with Crippen molar-refractivity contribution in [1.82, 2.24) is 15.2 Å². The number of amides is 2. The molecule has 2 aromatic rings. The molecule has 0 radical (unpaired) electrons. The summed E-state index contributed by atoms with van der Waals surface area (Å²) in [5.41, 5.74) is 1.16. The van der Waals surface area contributed by atoms with Crippen LogP contribution in [0.2, 0.25) is 0 Å². The molecule has 140 valence electrons. The van der Waals surface area contributed by atoms with Crippen LogP contribution in [0.15, 0.2) is 30.5 Å². The van der Waals surface area contributed by atoms with Gasteiger partial charge in [-0.3, -0.25) is 9.59 Å². The molecule has 1 atom stereocenters. The zero-order valence-electron chi connectivity index (χ0n) is 16.0. The Morgan fingerprint density at radius 1 is 1.27 bits per heavy atom. The van der Waals surface area contributed by atoms with Crippen LogP contribution < -0.4 is 5.32 Å². The van der Waals surface area contributed by atoms with Gasteiger partial charge in [0.05, 0.1) is 6.42 Å². The molecule has 2 N–H and O–H groups in total. The SMILES string of the molecule is CC[C@@](C)(C(=O)NC1CCCC1)N(C)C(=O)Cc1c[nH]c2ccccc12. The zero-order chi connectivity index (χ0) is 18.7. The Hall–Kier alpha value is -2.30. The van der Waals surface area contributed by atoms with E-state index in [0.29, 0.717) is 6.42 Å². The van der Waals surface area contributed by atoms with Gasteiger partial charge in [0.1, 0.15) is 5.54 Å². The Kier molecular flexibility index (Phi) is 5.35. The van der Waals surface area contributed by atoms with Crippen molar-refractivity contribution in [2.45, 2.75) is 64.0 Å². The van der Waals surface area contributed by atoms with Gasteiger partial charge < -0.3 is 15.2 Å². The molecule has 26 heavy (non-hydrogen) atoms. The summed E-state index contributed by atoms with van der Waals surface area (Å²) >= 11 is 0. The number of H-pyrrole nitrogens is 1. The van der Waals surface area contributed by atoms with Gasteiger partial charge in [-0.15, -0.1) is 0 Å². The highest BCUT2D eigenvalue weighted by Crippen LogP contribution is 2.24. The lowest BCUT2D eigenvalue weighted by molar-refractivity contribution is -0.145. The number of hydrogen-bond acceptors (Lipinski definition) is 2. The second-order valence-corrected chi connectivity index (χ2v) is 7.57. The minimum Gasteiger partial charge on any atom is -0.361 e. The van der Waals surface area contributed by atoms with E-state index in [4.69, 9.17) is 0 Å². The predicted molar refractivity (Wildman–Crippen MR) is 104 cm³/mol. The minimum atomic E-state index is -0.828. The number of carbonyl (C=O) groups excluding carboxylic acids is 2. The third-order valence-electron chi connectivity index (χ3n) is 6.00. The smallest absolute Gasteiger partial charge is 0.245 e. The first-order chi connectivity index (χ1) is 12.5. The fourth-order valence-electron chi connectivity index (χ4n) is 3.80. The van der Waals surface area contributed by atoms with E-state index >= 15 is 0 Å². The van der Waals surface area contributed by atoms with Crippen LogP contribution in [0.25, 0.3) is 10.9 Å². The molecule has 0 saturated heterocycles. The maximum Gasteiger partial charge on any atom is 0.245 e. The van der Waals surface area contributed by atoms with Crippen LogP contribution in [0.3, 0.4) is 0 Å². The second-order valence-electron chi connectivity index (χ2n) is 7.57. The first kappa shape index (κ1) is 18.5. The maximum atomic E-state index is 12.9. The van der Waals surface area contributed by atoms with Crippen LogP contribution >= 0.6 is 0 Å². The molecule has 2 amide bonds. The number of carbonyl (C=O) groups is 2. The standard InChI is InChI=1S/C21H29N3O2/c1-4-21(2,20(26)23-16-9-5-6-10-16)24(3)19(25)13-15-14-22-18-12-8-7-11-17(15)18/h7-8,11-12,14,16,22H,4-6,9-10,13H2,1-3H3,(H,23,26)/t21-/m0/s1. The molecule has 1 heterocycles. The third kappa shape index (κ3) is 3.48. The average molecular weight is 355 g/mol. The first-order valence-corrected chi connectivity index (χ1v) is 9.58. The van der Waals surface area contributed by atoms with E-state index in [-0.39, 0.29) is 24.3 Å². The molecule has 1 aromatic heterocycles. The molecule has 0 spiro atoms. The predicted octanol–water partition coefficient (Wildman–Crippen LogP) is 3.40. The van der Waals surface area contributed by atoms with Crippen molar-refractivity contribution in [1.29, 1.82) is 0 Å². The van der Waals surface area contributed by atoms with Gasteiger partial charge >= 0.3 is 0 Å². The van der Waals surface area contributed by atoms with Gasteiger partial charge in [-0.25, -0.2) is 0 Å². The molecule has 0 bridgehead atoms. The third-order valence-corrected chi connectivity index (χ3v) is 6.00. The van der Waals surface area contributed by atoms with E-state index in [1.807, 2.05) is 44.3 Å². The molecule has 0 aliphatic heterocycles. The highest BCUT2D eigenvalue weighted by atomic mass is 16.2. The Balaban J connectivity index is 1.73. The van der Waals surface area contributed by atoms with Crippen LogP contribution in [-0.2, 0) is 16.0 Å². The van der Waals surface area contributed by atoms with Crippen molar-refractivity contribution in [2.24, 2.45) is 0 Å². The summed E-state index contributed by atoms with van der Waals surface area (Å²) in [4.78, 5) is 30.7. The Bertz CT molecular complexity index is 791. The van der Waals surface area contributed by atoms with Crippen LogP contribution in [0.1, 0.15) is 51.5 Å². The summed E-state index contributed by atoms with van der Waals surface area (Å²) in [5, 5.41) is 4.21. The van der Waals surface area contributed by atoms with E-state index in [2.05, 4.69) is 10.3 Å². The number of nitrogens with zero attached hydrogens (tertiary/aromatic N) is 1. The van der Waals surface area contributed by atoms with Gasteiger partial charge in [0.2, 0.25) is 11.8 Å². The topological polar surface area (TPSA) is 65.2 Å². The highest BCUT2D eigenvalue weighted by Gasteiger charge is 2.39. The van der Waals surface area contributed by atoms with E-state index in [0.717, 1.165) is 29.3 Å². The summed E-state index contributed by atoms with van der Waals surface area (Å²) < 4.78 is 0. The summed E-state index contributed by atoms with van der Waals surface area (Å²) in [6.45, 7) is 3.83. The van der Waals surface area contributed by atoms with E-state index in [9.17, 15) is 9.59 Å². The molecular formula is C21H29N3O2. The van der Waals surface area contributed by atoms with Gasteiger partial charge in [0.25, 0.3) is 0 Å². The van der Waals surface area contributed by atoms with Crippen molar-refractivity contribution in [3.8, 4) is 0 Å². The van der Waals surface area contributed by atoms with Gasteiger partial charge in [-0.2, -0.15) is 0 Å². The number of nitrogens with one attached hydrogen (secondary N) is 2. The zero-order valence-corrected chi connectivity index (χ0v) is 16.0. The number of fused-ring (bicyclic) bond motifs is 1. The highest BCUT2D eigenvalue weighted by molar-refractivity contribution is 5.93. The molecule has 1 fully saturated rings. The summed E-state index contributed by atoms with van der Waals surface area (Å²) in [7, 11) is 1.74. The lowest BCUT2D eigenvalue weighted by Gasteiger charge is -2.37. The van der Waals surface area contributed by atoms with Crippen LogP contribution in [-0.4, -0.2) is 40.3 Å². The lowest BCUT2D eigenvalue weighted by atomic mass is 9.94. The summed E-state index contributed by atoms with van der Waals surface area (Å²) in [5.74, 6) is -0.0812. The van der Waals surface area contributed by atoms with Crippen molar-refractivity contribution < 1.29 is 9.59 Å². The molecule has 5 nitrogen and oxygen atoms in total. The van der Waals surface area contributed by atoms with Crippen molar-refractivity contribution in [3.05, 3.63) is 36.0 Å². The fourth-order valence-corrected chi connectivity index (χ4v) is 3.80. The van der Waals surface area contributed by atoms with Gasteiger partial charge in [-0.1, -0.05) is 38.0 Å². The van der Waals surface area contributed by atoms with Gasteiger partial charge in [0.15, 0.2) is 0 Å². The second kappa shape index (κ2) is 7.52. The Morgan fingerprint density at radius 2 is 1.96 bits per heavy atom. The van der Waals surface area contributed by atoms with Crippen LogP contribution in [0.4, 0.5) is 0 Å². The van der Waals surface area contributed by atoms with Crippen molar-refractivity contribution in [3.63, 3.8) is 0 Å². The number of hydrogen-bond donors (Lipinski definition) is 2. The monoisotopic (exact) mass is 355 g/mol. The molecule has 3 rings (SSSR count). The molecule has 0 unspecified atom stereocenters. The van der Waals surface area contributed by atoms with Crippen LogP contribution in [0.5, 0.6) is 0 Å². The normalized spacial score (nSPS) is 17.2. The van der Waals surface area contributed by atoms with Gasteiger partial charge in [-0.05, 0) is 37.8 Å². The van der Waals surface area contributed by atoms with Crippen molar-refractivity contribution >= 4 is 22.7 Å². The molecule has 1 aliphatic rings. The number of aromatic amines is 1. The number of aromatic nitrogens is 1. The first-order valence-electron chi connectivity index (χ1n) is 9.58. The quantitative estimate of drug-likeness (QED) is 0.834. The molecule has 1 saturated carbocycles. The van der Waals surface area contributed by atoms with Gasteiger partial charge in [0, 0.05) is 30.2 Å². The Labute approximate surface area is 155 Å². The largest absolute Gasteiger partial charge is 0.361 e. The van der Waals surface area contributed by atoms with Crippen LogP contribution in [0, 0.1) is 0 Å². The number of benzene rings is 1.